The van der Waals surface area contributed by atoms with Gasteiger partial charge in [-0.15, -0.1) is 0 Å². The van der Waals surface area contributed by atoms with Gasteiger partial charge in [0.25, 0.3) is 5.91 Å². The lowest BCUT2D eigenvalue weighted by Gasteiger charge is -2.13. The molecule has 0 bridgehead atoms. The number of phenolic OH excluding ortho intramolecular Hbond substituents is 1. The van der Waals surface area contributed by atoms with Crippen LogP contribution in [0.5, 0.6) is 5.75 Å². The molecule has 20 heavy (non-hydrogen) atoms. The molecule has 1 saturated carbocycles. The number of rotatable bonds is 5. The van der Waals surface area contributed by atoms with E-state index >= 15 is 0 Å². The summed E-state index contributed by atoms with van der Waals surface area (Å²) < 4.78 is 5.54. The van der Waals surface area contributed by atoms with Gasteiger partial charge in [0.15, 0.2) is 6.61 Å². The van der Waals surface area contributed by atoms with Crippen LogP contribution in [0.4, 0.5) is 0 Å². The van der Waals surface area contributed by atoms with Gasteiger partial charge in [0.05, 0.1) is 0 Å². The number of amides is 1. The van der Waals surface area contributed by atoms with Crippen LogP contribution >= 0.6 is 15.9 Å². The molecule has 1 unspecified atom stereocenters. The van der Waals surface area contributed by atoms with E-state index in [1.165, 1.54) is 12.1 Å². The largest absolute Gasteiger partial charge is 0.507 e. The number of halogens is 1. The molecule has 1 aromatic rings. The van der Waals surface area contributed by atoms with Gasteiger partial charge in [-0.1, -0.05) is 15.9 Å². The molecule has 5 nitrogen and oxygen atoms in total. The Bertz CT molecular complexity index is 528. The van der Waals surface area contributed by atoms with E-state index in [4.69, 9.17) is 4.74 Å². The summed E-state index contributed by atoms with van der Waals surface area (Å²) in [6.07, 6.45) is 2.26. The first-order chi connectivity index (χ1) is 9.47. The molecule has 1 atom stereocenters. The second kappa shape index (κ2) is 6.26. The smallest absolute Gasteiger partial charge is 0.342 e. The quantitative estimate of drug-likeness (QED) is 0.805. The number of hydrogen-bond acceptors (Lipinski definition) is 4. The zero-order valence-electron chi connectivity index (χ0n) is 11.1. The van der Waals surface area contributed by atoms with Crippen LogP contribution in [0.3, 0.4) is 0 Å². The third-order valence-corrected chi connectivity index (χ3v) is 3.72. The van der Waals surface area contributed by atoms with E-state index < -0.39 is 5.97 Å². The fourth-order valence-corrected chi connectivity index (χ4v) is 2.25. The molecule has 2 N–H and O–H groups in total. The number of aromatic hydroxyl groups is 1. The van der Waals surface area contributed by atoms with Crippen molar-refractivity contribution in [3.63, 3.8) is 0 Å². The SMILES string of the molecule is CC(NC(=O)COC(=O)c1cc(Br)ccc1O)C1CC1. The molecule has 0 spiro atoms. The first-order valence-electron chi connectivity index (χ1n) is 6.42. The summed E-state index contributed by atoms with van der Waals surface area (Å²) in [6.45, 7) is 1.60. The number of nitrogens with one attached hydrogen (secondary N) is 1. The number of carbonyl (C=O) groups is 2. The van der Waals surface area contributed by atoms with Crippen LogP contribution in [0.25, 0.3) is 0 Å². The molecule has 1 amide bonds. The molecule has 2 rings (SSSR count). The van der Waals surface area contributed by atoms with Crippen LogP contribution < -0.4 is 5.32 Å². The Morgan fingerprint density at radius 3 is 2.85 bits per heavy atom. The van der Waals surface area contributed by atoms with E-state index in [1.807, 2.05) is 6.92 Å². The maximum atomic E-state index is 11.8. The van der Waals surface area contributed by atoms with Crippen molar-refractivity contribution in [3.05, 3.63) is 28.2 Å². The molecule has 0 aliphatic heterocycles. The van der Waals surface area contributed by atoms with Crippen LogP contribution in [-0.4, -0.2) is 29.6 Å². The Labute approximate surface area is 125 Å². The monoisotopic (exact) mass is 341 g/mol. The molecular formula is C14H16BrNO4. The van der Waals surface area contributed by atoms with Gasteiger partial charge >= 0.3 is 5.97 Å². The highest BCUT2D eigenvalue weighted by Gasteiger charge is 2.29. The minimum absolute atomic E-state index is 0.0300. The zero-order valence-corrected chi connectivity index (χ0v) is 12.6. The Balaban J connectivity index is 1.85. The van der Waals surface area contributed by atoms with Crippen molar-refractivity contribution in [3.8, 4) is 5.75 Å². The molecular weight excluding hydrogens is 326 g/mol. The van der Waals surface area contributed by atoms with Crippen LogP contribution in [0.2, 0.25) is 0 Å². The molecule has 108 valence electrons. The summed E-state index contributed by atoms with van der Waals surface area (Å²) in [6, 6.07) is 4.55. The number of benzene rings is 1. The molecule has 0 saturated heterocycles. The molecule has 6 heteroatoms. The lowest BCUT2D eigenvalue weighted by atomic mass is 10.2. The van der Waals surface area contributed by atoms with Gasteiger partial charge in [0.1, 0.15) is 11.3 Å². The first-order valence-corrected chi connectivity index (χ1v) is 7.21. The summed E-state index contributed by atoms with van der Waals surface area (Å²) in [5.74, 6) is -0.681. The topological polar surface area (TPSA) is 75.6 Å². The van der Waals surface area contributed by atoms with Crippen LogP contribution in [-0.2, 0) is 9.53 Å². The first kappa shape index (κ1) is 14.8. The van der Waals surface area contributed by atoms with Gasteiger partial charge in [-0.05, 0) is 43.9 Å². The molecule has 0 heterocycles. The summed E-state index contributed by atoms with van der Waals surface area (Å²) >= 11 is 3.20. The summed E-state index contributed by atoms with van der Waals surface area (Å²) in [4.78, 5) is 23.4. The van der Waals surface area contributed by atoms with Crippen molar-refractivity contribution in [1.29, 1.82) is 0 Å². The molecule has 0 radical (unpaired) electrons. The van der Waals surface area contributed by atoms with Crippen LogP contribution in [0.1, 0.15) is 30.1 Å². The van der Waals surface area contributed by atoms with E-state index in [1.54, 1.807) is 6.07 Å². The maximum absolute atomic E-state index is 11.8. The molecule has 1 fully saturated rings. The van der Waals surface area contributed by atoms with Crippen LogP contribution in [0.15, 0.2) is 22.7 Å². The molecule has 0 aromatic heterocycles. The van der Waals surface area contributed by atoms with Gasteiger partial charge in [-0.2, -0.15) is 0 Å². The number of carbonyl (C=O) groups excluding carboxylic acids is 2. The fraction of sp³-hybridized carbons (Fsp3) is 0.429. The second-order valence-electron chi connectivity index (χ2n) is 4.93. The lowest BCUT2D eigenvalue weighted by molar-refractivity contribution is -0.125. The third kappa shape index (κ3) is 3.96. The van der Waals surface area contributed by atoms with Gasteiger partial charge in [0, 0.05) is 10.5 Å². The average Bonchev–Trinajstić information content (AvgIpc) is 3.23. The Morgan fingerprint density at radius 2 is 2.20 bits per heavy atom. The number of hydrogen-bond donors (Lipinski definition) is 2. The van der Waals surface area contributed by atoms with Gasteiger partial charge in [-0.3, -0.25) is 4.79 Å². The van der Waals surface area contributed by atoms with Crippen molar-refractivity contribution in [2.24, 2.45) is 5.92 Å². The average molecular weight is 342 g/mol. The Morgan fingerprint density at radius 1 is 1.50 bits per heavy atom. The standard InChI is InChI=1S/C14H16BrNO4/c1-8(9-2-3-9)16-13(18)7-20-14(19)11-6-10(15)4-5-12(11)17/h4-6,8-9,17H,2-3,7H2,1H3,(H,16,18). The molecule has 1 aliphatic carbocycles. The van der Waals surface area contributed by atoms with E-state index in [-0.39, 0.29) is 29.9 Å². The Kier molecular flexibility index (Phi) is 4.65. The van der Waals surface area contributed by atoms with Gasteiger partial charge in [-0.25, -0.2) is 4.79 Å². The predicted molar refractivity (Wildman–Crippen MR) is 76.4 cm³/mol. The lowest BCUT2D eigenvalue weighted by Crippen LogP contribution is -2.37. The summed E-state index contributed by atoms with van der Waals surface area (Å²) in [7, 11) is 0. The second-order valence-corrected chi connectivity index (χ2v) is 5.85. The normalized spacial score (nSPS) is 15.5. The fourth-order valence-electron chi connectivity index (χ4n) is 1.89. The predicted octanol–water partition coefficient (Wildman–Crippen LogP) is 2.23. The van der Waals surface area contributed by atoms with E-state index in [0.29, 0.717) is 10.4 Å². The number of phenols is 1. The summed E-state index contributed by atoms with van der Waals surface area (Å²) in [5, 5.41) is 12.4. The minimum Gasteiger partial charge on any atom is -0.507 e. The molecule has 1 aliphatic rings. The maximum Gasteiger partial charge on any atom is 0.342 e. The highest BCUT2D eigenvalue weighted by atomic mass is 79.9. The highest BCUT2D eigenvalue weighted by Crippen LogP contribution is 2.32. The Hall–Kier alpha value is -1.56. The zero-order chi connectivity index (χ0) is 14.7. The van der Waals surface area contributed by atoms with Crippen molar-refractivity contribution < 1.29 is 19.4 Å². The third-order valence-electron chi connectivity index (χ3n) is 3.23. The number of esters is 1. The van der Waals surface area contributed by atoms with Crippen molar-refractivity contribution in [2.45, 2.75) is 25.8 Å². The van der Waals surface area contributed by atoms with E-state index in [2.05, 4.69) is 21.2 Å². The van der Waals surface area contributed by atoms with Crippen LogP contribution in [0, 0.1) is 5.92 Å². The van der Waals surface area contributed by atoms with E-state index in [0.717, 1.165) is 12.8 Å². The van der Waals surface area contributed by atoms with Crippen molar-refractivity contribution in [1.82, 2.24) is 5.32 Å². The van der Waals surface area contributed by atoms with E-state index in [9.17, 15) is 14.7 Å². The minimum atomic E-state index is -0.724. The van der Waals surface area contributed by atoms with Crippen molar-refractivity contribution >= 4 is 27.8 Å². The molecule has 1 aromatic carbocycles. The number of ether oxygens (including phenoxy) is 1. The summed E-state index contributed by atoms with van der Waals surface area (Å²) in [5.41, 5.74) is 0.0300. The van der Waals surface area contributed by atoms with Gasteiger partial charge in [0.2, 0.25) is 0 Å². The van der Waals surface area contributed by atoms with Crippen molar-refractivity contribution in [2.75, 3.05) is 6.61 Å². The highest BCUT2D eigenvalue weighted by molar-refractivity contribution is 9.10. The van der Waals surface area contributed by atoms with Gasteiger partial charge < -0.3 is 15.2 Å².